The summed E-state index contributed by atoms with van der Waals surface area (Å²) in [5, 5.41) is 14.7. The number of rotatable bonds is 3. The maximum Gasteiger partial charge on any atom is 0.323 e. The SMILES string of the molecule is C/C(=C\NC(=O)Nc1ccc(O)cc1C)C(C)C. The number of carbonyl (C=O) groups is 1. The smallest absolute Gasteiger partial charge is 0.323 e. The van der Waals surface area contributed by atoms with E-state index < -0.39 is 0 Å². The number of urea groups is 1. The normalized spacial score (nSPS) is 11.5. The highest BCUT2D eigenvalue weighted by Crippen LogP contribution is 2.19. The molecule has 2 amide bonds. The average Bonchev–Trinajstić information content (AvgIpc) is 2.29. The molecule has 18 heavy (non-hydrogen) atoms. The van der Waals surface area contributed by atoms with Gasteiger partial charge in [-0.2, -0.15) is 0 Å². The van der Waals surface area contributed by atoms with E-state index in [-0.39, 0.29) is 11.8 Å². The number of anilines is 1. The van der Waals surface area contributed by atoms with Crippen LogP contribution in [0.15, 0.2) is 30.0 Å². The number of hydrogen-bond donors (Lipinski definition) is 3. The number of nitrogens with one attached hydrogen (secondary N) is 2. The van der Waals surface area contributed by atoms with Gasteiger partial charge in [-0.15, -0.1) is 0 Å². The summed E-state index contributed by atoms with van der Waals surface area (Å²) in [6.07, 6.45) is 1.70. The Morgan fingerprint density at radius 1 is 1.39 bits per heavy atom. The summed E-state index contributed by atoms with van der Waals surface area (Å²) < 4.78 is 0. The van der Waals surface area contributed by atoms with Crippen molar-refractivity contribution in [2.45, 2.75) is 27.7 Å². The quantitative estimate of drug-likeness (QED) is 0.718. The Morgan fingerprint density at radius 2 is 2.06 bits per heavy atom. The zero-order valence-electron chi connectivity index (χ0n) is 11.2. The van der Waals surface area contributed by atoms with E-state index >= 15 is 0 Å². The summed E-state index contributed by atoms with van der Waals surface area (Å²) in [5.41, 5.74) is 2.60. The molecule has 0 saturated heterocycles. The lowest BCUT2D eigenvalue weighted by Gasteiger charge is -2.09. The largest absolute Gasteiger partial charge is 0.508 e. The van der Waals surface area contributed by atoms with Crippen molar-refractivity contribution in [3.05, 3.63) is 35.5 Å². The maximum atomic E-state index is 11.6. The van der Waals surface area contributed by atoms with Gasteiger partial charge in [0.1, 0.15) is 5.75 Å². The van der Waals surface area contributed by atoms with E-state index in [1.54, 1.807) is 18.3 Å². The van der Waals surface area contributed by atoms with Gasteiger partial charge in [0, 0.05) is 11.9 Å². The second-order valence-electron chi connectivity index (χ2n) is 4.64. The van der Waals surface area contributed by atoms with Gasteiger partial charge in [-0.3, -0.25) is 0 Å². The van der Waals surface area contributed by atoms with Gasteiger partial charge in [-0.1, -0.05) is 19.4 Å². The maximum absolute atomic E-state index is 11.6. The molecule has 0 aromatic heterocycles. The number of benzene rings is 1. The molecule has 0 heterocycles. The Balaban J connectivity index is 2.63. The molecule has 0 fully saturated rings. The van der Waals surface area contributed by atoms with Gasteiger partial charge in [0.05, 0.1) is 0 Å². The molecule has 3 N–H and O–H groups in total. The van der Waals surface area contributed by atoms with E-state index in [9.17, 15) is 9.90 Å². The van der Waals surface area contributed by atoms with Crippen molar-refractivity contribution < 1.29 is 9.90 Å². The van der Waals surface area contributed by atoms with Crippen LogP contribution in [0.3, 0.4) is 0 Å². The average molecular weight is 248 g/mol. The first-order valence-corrected chi connectivity index (χ1v) is 5.94. The standard InChI is InChI=1S/C14H20N2O2/c1-9(2)11(4)8-15-14(18)16-13-6-5-12(17)7-10(13)3/h5-9,17H,1-4H3,(H2,15,16,18)/b11-8+. The predicted molar refractivity (Wildman–Crippen MR) is 73.6 cm³/mol. The molecule has 0 unspecified atom stereocenters. The lowest BCUT2D eigenvalue weighted by atomic mass is 10.1. The zero-order valence-corrected chi connectivity index (χ0v) is 11.2. The first-order chi connectivity index (χ1) is 8.40. The molecule has 0 aliphatic carbocycles. The van der Waals surface area contributed by atoms with Crippen molar-refractivity contribution in [3.63, 3.8) is 0 Å². The van der Waals surface area contributed by atoms with Crippen LogP contribution in [-0.4, -0.2) is 11.1 Å². The molecule has 1 aromatic carbocycles. The second-order valence-corrected chi connectivity index (χ2v) is 4.64. The molecule has 0 radical (unpaired) electrons. The van der Waals surface area contributed by atoms with Crippen molar-refractivity contribution in [1.29, 1.82) is 0 Å². The third-order valence-electron chi connectivity index (χ3n) is 2.80. The van der Waals surface area contributed by atoms with E-state index in [2.05, 4.69) is 24.5 Å². The van der Waals surface area contributed by atoms with Crippen LogP contribution >= 0.6 is 0 Å². The Labute approximate surface area is 108 Å². The van der Waals surface area contributed by atoms with Crippen LogP contribution in [0, 0.1) is 12.8 Å². The molecule has 4 heteroatoms. The number of hydrogen-bond acceptors (Lipinski definition) is 2. The van der Waals surface area contributed by atoms with Gasteiger partial charge in [0.15, 0.2) is 0 Å². The predicted octanol–water partition coefficient (Wildman–Crippen LogP) is 3.38. The van der Waals surface area contributed by atoms with Gasteiger partial charge in [-0.05, 0) is 43.5 Å². The fourth-order valence-corrected chi connectivity index (χ4v) is 1.29. The topological polar surface area (TPSA) is 61.4 Å². The van der Waals surface area contributed by atoms with Crippen LogP contribution in [0.5, 0.6) is 5.75 Å². The highest BCUT2D eigenvalue weighted by molar-refractivity contribution is 5.90. The summed E-state index contributed by atoms with van der Waals surface area (Å²) in [6.45, 7) is 7.92. The minimum atomic E-state index is -0.288. The molecule has 4 nitrogen and oxygen atoms in total. The summed E-state index contributed by atoms with van der Waals surface area (Å²) in [7, 11) is 0. The van der Waals surface area contributed by atoms with Crippen molar-refractivity contribution in [2.24, 2.45) is 5.92 Å². The van der Waals surface area contributed by atoms with Crippen molar-refractivity contribution in [1.82, 2.24) is 5.32 Å². The molecule has 1 aromatic rings. The van der Waals surface area contributed by atoms with E-state index in [0.29, 0.717) is 11.6 Å². The summed E-state index contributed by atoms with van der Waals surface area (Å²) in [6, 6.07) is 4.52. The highest BCUT2D eigenvalue weighted by atomic mass is 16.3. The monoisotopic (exact) mass is 248 g/mol. The zero-order chi connectivity index (χ0) is 13.7. The Hall–Kier alpha value is -1.97. The molecule has 0 atom stereocenters. The molecule has 0 bridgehead atoms. The molecule has 98 valence electrons. The number of aromatic hydroxyl groups is 1. The van der Waals surface area contributed by atoms with Crippen molar-refractivity contribution in [3.8, 4) is 5.75 Å². The van der Waals surface area contributed by atoms with Gasteiger partial charge in [0.25, 0.3) is 0 Å². The fourth-order valence-electron chi connectivity index (χ4n) is 1.29. The van der Waals surface area contributed by atoms with Crippen LogP contribution in [0.25, 0.3) is 0 Å². The third kappa shape index (κ3) is 4.13. The number of carbonyl (C=O) groups excluding carboxylic acids is 1. The fraction of sp³-hybridized carbons (Fsp3) is 0.357. The lowest BCUT2D eigenvalue weighted by molar-refractivity contribution is 0.255. The lowest BCUT2D eigenvalue weighted by Crippen LogP contribution is -2.24. The highest BCUT2D eigenvalue weighted by Gasteiger charge is 2.04. The van der Waals surface area contributed by atoms with Crippen LogP contribution in [0.2, 0.25) is 0 Å². The van der Waals surface area contributed by atoms with Gasteiger partial charge >= 0.3 is 6.03 Å². The summed E-state index contributed by atoms with van der Waals surface area (Å²) in [5.74, 6) is 0.592. The summed E-state index contributed by atoms with van der Waals surface area (Å²) >= 11 is 0. The van der Waals surface area contributed by atoms with E-state index in [4.69, 9.17) is 0 Å². The van der Waals surface area contributed by atoms with Gasteiger partial charge < -0.3 is 15.7 Å². The van der Waals surface area contributed by atoms with Crippen LogP contribution in [0.1, 0.15) is 26.3 Å². The van der Waals surface area contributed by atoms with Crippen LogP contribution in [0.4, 0.5) is 10.5 Å². The first kappa shape index (κ1) is 14.1. The Bertz CT molecular complexity index is 465. The molecular formula is C14H20N2O2. The van der Waals surface area contributed by atoms with Crippen molar-refractivity contribution >= 4 is 11.7 Å². The van der Waals surface area contributed by atoms with E-state index in [1.165, 1.54) is 6.07 Å². The minimum Gasteiger partial charge on any atom is -0.508 e. The molecule has 0 saturated carbocycles. The summed E-state index contributed by atoms with van der Waals surface area (Å²) in [4.78, 5) is 11.6. The van der Waals surface area contributed by atoms with E-state index in [1.807, 2.05) is 13.8 Å². The number of amides is 2. The van der Waals surface area contributed by atoms with Gasteiger partial charge in [-0.25, -0.2) is 4.79 Å². The number of phenols is 1. The molecule has 1 rings (SSSR count). The number of phenolic OH excluding ortho intramolecular Hbond substituents is 1. The number of allylic oxidation sites excluding steroid dienone is 1. The second kappa shape index (κ2) is 6.10. The van der Waals surface area contributed by atoms with E-state index in [0.717, 1.165) is 11.1 Å². The molecule has 0 spiro atoms. The molecule has 0 aliphatic heterocycles. The number of aryl methyl sites for hydroxylation is 1. The van der Waals surface area contributed by atoms with Crippen LogP contribution in [-0.2, 0) is 0 Å². The van der Waals surface area contributed by atoms with Crippen molar-refractivity contribution in [2.75, 3.05) is 5.32 Å². The Morgan fingerprint density at radius 3 is 2.61 bits per heavy atom. The third-order valence-corrected chi connectivity index (χ3v) is 2.80. The Kier molecular flexibility index (Phi) is 4.77. The van der Waals surface area contributed by atoms with Gasteiger partial charge in [0.2, 0.25) is 0 Å². The minimum absolute atomic E-state index is 0.189. The molecular weight excluding hydrogens is 228 g/mol. The van der Waals surface area contributed by atoms with Crippen LogP contribution < -0.4 is 10.6 Å². The molecule has 0 aliphatic rings. The first-order valence-electron chi connectivity index (χ1n) is 5.94.